The summed E-state index contributed by atoms with van der Waals surface area (Å²) in [7, 11) is 0. The van der Waals surface area contributed by atoms with Crippen molar-refractivity contribution in [3.63, 3.8) is 0 Å². The summed E-state index contributed by atoms with van der Waals surface area (Å²) < 4.78 is 28.3. The quantitative estimate of drug-likeness (QED) is 0.550. The largest absolute Gasteiger partial charge is 0.492 e. The number of amides is 1. The van der Waals surface area contributed by atoms with Crippen molar-refractivity contribution in [1.82, 2.24) is 0 Å². The molecule has 1 aromatic rings. The molecular weight excluding hydrogens is 388 g/mol. The van der Waals surface area contributed by atoms with Crippen molar-refractivity contribution >= 4 is 17.3 Å². The van der Waals surface area contributed by atoms with Gasteiger partial charge in [-0.1, -0.05) is 0 Å². The molecule has 8 heteroatoms. The number of ether oxygens (including phenoxy) is 5. The van der Waals surface area contributed by atoms with Gasteiger partial charge < -0.3 is 33.9 Å². The number of anilines is 2. The Morgan fingerprint density at radius 2 is 1.90 bits per heavy atom. The van der Waals surface area contributed by atoms with E-state index in [2.05, 4.69) is 10.2 Å². The molecule has 1 N–H and O–H groups in total. The first-order valence-corrected chi connectivity index (χ1v) is 11.0. The molecule has 2 fully saturated rings. The summed E-state index contributed by atoms with van der Waals surface area (Å²) >= 11 is 0. The highest BCUT2D eigenvalue weighted by Gasteiger charge is 2.20. The van der Waals surface area contributed by atoms with E-state index in [4.69, 9.17) is 23.7 Å². The van der Waals surface area contributed by atoms with Crippen LogP contribution in [0.15, 0.2) is 12.1 Å². The molecule has 1 amide bonds. The fourth-order valence-corrected chi connectivity index (χ4v) is 3.61. The molecule has 1 unspecified atom stereocenters. The summed E-state index contributed by atoms with van der Waals surface area (Å²) in [5, 5.41) is 2.95. The molecule has 2 heterocycles. The second-order valence-corrected chi connectivity index (χ2v) is 7.29. The zero-order valence-corrected chi connectivity index (χ0v) is 18.1. The SMILES string of the molecule is CCOc1cc(N2CCOCC2)c(OCC)cc1NC(=O)CCOCC1CCCO1. The molecule has 1 atom stereocenters. The van der Waals surface area contributed by atoms with Crippen LogP contribution >= 0.6 is 0 Å². The fourth-order valence-electron chi connectivity index (χ4n) is 3.61. The van der Waals surface area contributed by atoms with Gasteiger partial charge in [0.25, 0.3) is 0 Å². The minimum absolute atomic E-state index is 0.120. The summed E-state index contributed by atoms with van der Waals surface area (Å²) in [5.74, 6) is 1.24. The number of carbonyl (C=O) groups excluding carboxylic acids is 1. The van der Waals surface area contributed by atoms with Crippen LogP contribution in [-0.2, 0) is 19.0 Å². The van der Waals surface area contributed by atoms with Crippen LogP contribution in [0.4, 0.5) is 11.4 Å². The van der Waals surface area contributed by atoms with Crippen molar-refractivity contribution < 1.29 is 28.5 Å². The van der Waals surface area contributed by atoms with E-state index in [1.807, 2.05) is 26.0 Å². The lowest BCUT2D eigenvalue weighted by molar-refractivity contribution is -0.117. The fraction of sp³-hybridized carbons (Fsp3) is 0.682. The highest BCUT2D eigenvalue weighted by molar-refractivity contribution is 5.93. The summed E-state index contributed by atoms with van der Waals surface area (Å²) in [6.45, 7) is 9.56. The number of hydrogen-bond acceptors (Lipinski definition) is 7. The normalized spacial score (nSPS) is 19.0. The van der Waals surface area contributed by atoms with Crippen LogP contribution < -0.4 is 19.7 Å². The Labute approximate surface area is 178 Å². The monoisotopic (exact) mass is 422 g/mol. The molecule has 2 saturated heterocycles. The summed E-state index contributed by atoms with van der Waals surface area (Å²) in [6, 6.07) is 3.80. The number of benzene rings is 1. The molecule has 0 aliphatic carbocycles. The van der Waals surface area contributed by atoms with E-state index in [-0.39, 0.29) is 18.4 Å². The molecule has 30 heavy (non-hydrogen) atoms. The highest BCUT2D eigenvalue weighted by atomic mass is 16.5. The number of rotatable bonds is 11. The Balaban J connectivity index is 1.63. The van der Waals surface area contributed by atoms with Crippen LogP contribution in [0, 0.1) is 0 Å². The lowest BCUT2D eigenvalue weighted by Crippen LogP contribution is -2.36. The standard InChI is InChI=1S/C22H34N2O6/c1-3-28-20-15-19(24-8-12-26-13-9-24)21(29-4-2)14-18(20)23-22(25)7-11-27-16-17-6-5-10-30-17/h14-15,17H,3-13,16H2,1-2H3,(H,23,25). The first-order valence-electron chi connectivity index (χ1n) is 11.0. The van der Waals surface area contributed by atoms with Crippen LogP contribution in [0.5, 0.6) is 11.5 Å². The number of nitrogens with one attached hydrogen (secondary N) is 1. The molecule has 3 rings (SSSR count). The van der Waals surface area contributed by atoms with Crippen molar-refractivity contribution in [3.05, 3.63) is 12.1 Å². The first kappa shape index (κ1) is 22.7. The van der Waals surface area contributed by atoms with Gasteiger partial charge in [-0.15, -0.1) is 0 Å². The van der Waals surface area contributed by atoms with Crippen LogP contribution in [0.25, 0.3) is 0 Å². The maximum absolute atomic E-state index is 12.5. The molecule has 0 aromatic heterocycles. The Bertz CT molecular complexity index is 672. The van der Waals surface area contributed by atoms with Crippen LogP contribution in [-0.4, -0.2) is 71.3 Å². The average molecular weight is 423 g/mol. The Morgan fingerprint density at radius 1 is 1.13 bits per heavy atom. The lowest BCUT2D eigenvalue weighted by Gasteiger charge is -2.31. The van der Waals surface area contributed by atoms with Gasteiger partial charge in [-0.25, -0.2) is 0 Å². The summed E-state index contributed by atoms with van der Waals surface area (Å²) in [6.07, 6.45) is 2.55. The van der Waals surface area contributed by atoms with Crippen LogP contribution in [0.2, 0.25) is 0 Å². The predicted octanol–water partition coefficient (Wildman–Crippen LogP) is 2.84. The molecule has 0 radical (unpaired) electrons. The van der Waals surface area contributed by atoms with Gasteiger partial charge >= 0.3 is 0 Å². The first-order chi connectivity index (χ1) is 14.7. The predicted molar refractivity (Wildman–Crippen MR) is 115 cm³/mol. The molecule has 2 aliphatic heterocycles. The van der Waals surface area contributed by atoms with E-state index in [9.17, 15) is 4.79 Å². The van der Waals surface area contributed by atoms with Gasteiger partial charge in [-0.3, -0.25) is 4.79 Å². The van der Waals surface area contributed by atoms with E-state index in [0.717, 1.165) is 44.0 Å². The molecule has 0 spiro atoms. The van der Waals surface area contributed by atoms with E-state index < -0.39 is 0 Å². The maximum Gasteiger partial charge on any atom is 0.226 e. The average Bonchev–Trinajstić information content (AvgIpc) is 3.27. The number of hydrogen-bond donors (Lipinski definition) is 1. The topological polar surface area (TPSA) is 78.5 Å². The van der Waals surface area contributed by atoms with E-state index >= 15 is 0 Å². The maximum atomic E-state index is 12.5. The zero-order chi connectivity index (χ0) is 21.2. The van der Waals surface area contributed by atoms with Gasteiger partial charge in [0.2, 0.25) is 5.91 Å². The second-order valence-electron chi connectivity index (χ2n) is 7.29. The van der Waals surface area contributed by atoms with E-state index in [1.165, 1.54) is 0 Å². The van der Waals surface area contributed by atoms with Crippen LogP contribution in [0.3, 0.4) is 0 Å². The number of carbonyl (C=O) groups is 1. The minimum atomic E-state index is -0.120. The Hall–Kier alpha value is -2.03. The van der Waals surface area contributed by atoms with Crippen LogP contribution in [0.1, 0.15) is 33.1 Å². The van der Waals surface area contributed by atoms with Gasteiger partial charge in [0.05, 0.1) is 63.5 Å². The van der Waals surface area contributed by atoms with Crippen molar-refractivity contribution in [3.8, 4) is 11.5 Å². The molecule has 0 bridgehead atoms. The third-order valence-electron chi connectivity index (χ3n) is 5.09. The second kappa shape index (κ2) is 12.0. The third kappa shape index (κ3) is 6.48. The third-order valence-corrected chi connectivity index (χ3v) is 5.09. The molecule has 1 aromatic carbocycles. The van der Waals surface area contributed by atoms with E-state index in [1.54, 1.807) is 0 Å². The van der Waals surface area contributed by atoms with Crippen molar-refractivity contribution in [2.24, 2.45) is 0 Å². The molecule has 168 valence electrons. The smallest absolute Gasteiger partial charge is 0.226 e. The molecule has 8 nitrogen and oxygen atoms in total. The summed E-state index contributed by atoms with van der Waals surface area (Å²) in [5.41, 5.74) is 1.57. The minimum Gasteiger partial charge on any atom is -0.492 e. The Morgan fingerprint density at radius 3 is 2.60 bits per heavy atom. The van der Waals surface area contributed by atoms with E-state index in [0.29, 0.717) is 51.1 Å². The number of morpholine rings is 1. The van der Waals surface area contributed by atoms with Crippen molar-refractivity contribution in [1.29, 1.82) is 0 Å². The molecule has 0 saturated carbocycles. The van der Waals surface area contributed by atoms with Gasteiger partial charge in [-0.2, -0.15) is 0 Å². The summed E-state index contributed by atoms with van der Waals surface area (Å²) in [4.78, 5) is 14.7. The van der Waals surface area contributed by atoms with Gasteiger partial charge in [-0.05, 0) is 26.7 Å². The number of nitrogens with zero attached hydrogens (tertiary/aromatic N) is 1. The molecule has 2 aliphatic rings. The zero-order valence-electron chi connectivity index (χ0n) is 18.1. The van der Waals surface area contributed by atoms with Crippen molar-refractivity contribution in [2.75, 3.05) is 69.6 Å². The highest BCUT2D eigenvalue weighted by Crippen LogP contribution is 2.39. The van der Waals surface area contributed by atoms with Gasteiger partial charge in [0.1, 0.15) is 11.5 Å². The Kier molecular flexibility index (Phi) is 9.04. The van der Waals surface area contributed by atoms with Gasteiger partial charge in [0, 0.05) is 31.8 Å². The molecular formula is C22H34N2O6. The van der Waals surface area contributed by atoms with Crippen molar-refractivity contribution in [2.45, 2.75) is 39.2 Å². The van der Waals surface area contributed by atoms with Gasteiger partial charge in [0.15, 0.2) is 0 Å². The lowest BCUT2D eigenvalue weighted by atomic mass is 10.2.